The second-order valence-electron chi connectivity index (χ2n) is 4.66. The maximum absolute atomic E-state index is 12.3. The van der Waals surface area contributed by atoms with Gasteiger partial charge < -0.3 is 5.11 Å². The first kappa shape index (κ1) is 14.4. The van der Waals surface area contributed by atoms with Crippen LogP contribution in [0.4, 0.5) is 0 Å². The first-order valence-corrected chi connectivity index (χ1v) is 7.74. The van der Waals surface area contributed by atoms with Gasteiger partial charge in [0.25, 0.3) is 10.2 Å². The Kier molecular flexibility index (Phi) is 4.50. The molecule has 0 saturated carbocycles. The van der Waals surface area contributed by atoms with Crippen molar-refractivity contribution in [1.29, 1.82) is 0 Å². The van der Waals surface area contributed by atoms with Crippen LogP contribution >= 0.6 is 0 Å². The van der Waals surface area contributed by atoms with E-state index in [0.717, 1.165) is 12.8 Å². The summed E-state index contributed by atoms with van der Waals surface area (Å²) in [5.41, 5.74) is 0. The fourth-order valence-corrected chi connectivity index (χ4v) is 3.87. The Morgan fingerprint density at radius 3 is 3.05 bits per heavy atom. The highest BCUT2D eigenvalue weighted by atomic mass is 32.2. The molecule has 19 heavy (non-hydrogen) atoms. The van der Waals surface area contributed by atoms with Gasteiger partial charge in [-0.3, -0.25) is 5.10 Å². The van der Waals surface area contributed by atoms with Gasteiger partial charge in [-0.15, -0.1) is 0 Å². The normalized spacial score (nSPS) is 23.4. The number of aliphatic hydroxyl groups excluding tert-OH is 1. The molecule has 1 aliphatic rings. The van der Waals surface area contributed by atoms with Crippen LogP contribution in [0.1, 0.15) is 38.1 Å². The molecule has 0 aromatic carbocycles. The number of nitrogens with one attached hydrogen (secondary N) is 2. The number of rotatable bonds is 5. The van der Waals surface area contributed by atoms with Gasteiger partial charge >= 0.3 is 0 Å². The van der Waals surface area contributed by atoms with Crippen molar-refractivity contribution in [2.45, 2.75) is 38.3 Å². The second kappa shape index (κ2) is 5.95. The molecular weight excluding hydrogens is 270 g/mol. The molecule has 2 unspecified atom stereocenters. The van der Waals surface area contributed by atoms with Crippen LogP contribution in [0, 0.1) is 0 Å². The molecule has 2 rings (SSSR count). The second-order valence-corrected chi connectivity index (χ2v) is 6.31. The Morgan fingerprint density at radius 1 is 1.63 bits per heavy atom. The Morgan fingerprint density at radius 2 is 2.42 bits per heavy atom. The van der Waals surface area contributed by atoms with Gasteiger partial charge in [0, 0.05) is 12.6 Å². The number of hydrogen-bond donors (Lipinski definition) is 3. The van der Waals surface area contributed by atoms with Crippen LogP contribution in [0.15, 0.2) is 6.33 Å². The van der Waals surface area contributed by atoms with E-state index >= 15 is 0 Å². The summed E-state index contributed by atoms with van der Waals surface area (Å²) in [5.74, 6) is 0.459. The third-order valence-corrected chi connectivity index (χ3v) is 5.01. The molecule has 1 saturated heterocycles. The molecule has 0 bridgehead atoms. The first-order chi connectivity index (χ1) is 9.04. The Labute approximate surface area is 112 Å². The lowest BCUT2D eigenvalue weighted by Gasteiger charge is -2.34. The molecule has 1 fully saturated rings. The summed E-state index contributed by atoms with van der Waals surface area (Å²) in [6.07, 6.45) is 3.77. The fourth-order valence-electron chi connectivity index (χ4n) is 2.24. The van der Waals surface area contributed by atoms with E-state index in [4.69, 9.17) is 0 Å². The van der Waals surface area contributed by atoms with Crippen molar-refractivity contribution in [2.24, 2.45) is 0 Å². The molecule has 1 aromatic rings. The Balaban J connectivity index is 2.08. The average molecular weight is 289 g/mol. The highest BCUT2D eigenvalue weighted by molar-refractivity contribution is 7.87. The predicted molar refractivity (Wildman–Crippen MR) is 68.3 cm³/mol. The Bertz CT molecular complexity index is 489. The first-order valence-electron chi connectivity index (χ1n) is 6.30. The fraction of sp³-hybridized carbons (Fsp3) is 0.800. The van der Waals surface area contributed by atoms with E-state index in [2.05, 4.69) is 19.9 Å². The van der Waals surface area contributed by atoms with Gasteiger partial charge in [-0.2, -0.15) is 22.5 Å². The number of aliphatic hydroxyl groups is 1. The van der Waals surface area contributed by atoms with E-state index in [1.807, 2.05) is 0 Å². The molecule has 1 aliphatic heterocycles. The topological polar surface area (TPSA) is 111 Å². The monoisotopic (exact) mass is 289 g/mol. The van der Waals surface area contributed by atoms with Gasteiger partial charge in [0.1, 0.15) is 12.2 Å². The third-order valence-electron chi connectivity index (χ3n) is 3.26. The highest BCUT2D eigenvalue weighted by Crippen LogP contribution is 2.20. The van der Waals surface area contributed by atoms with E-state index in [1.165, 1.54) is 10.6 Å². The van der Waals surface area contributed by atoms with E-state index in [9.17, 15) is 13.5 Å². The van der Waals surface area contributed by atoms with Crippen molar-refractivity contribution >= 4 is 10.2 Å². The summed E-state index contributed by atoms with van der Waals surface area (Å²) in [5, 5.41) is 15.6. The van der Waals surface area contributed by atoms with Crippen molar-refractivity contribution < 1.29 is 13.5 Å². The average Bonchev–Trinajstić information content (AvgIpc) is 2.92. The smallest absolute Gasteiger partial charge is 0.280 e. The zero-order valence-corrected chi connectivity index (χ0v) is 11.6. The van der Waals surface area contributed by atoms with E-state index in [1.54, 1.807) is 6.92 Å². The number of aromatic nitrogens is 3. The quantitative estimate of drug-likeness (QED) is 0.679. The SMILES string of the molecule is CC(NS(=O)(=O)N1CCCCC1CO)c1ncn[nH]1. The van der Waals surface area contributed by atoms with Crippen LogP contribution < -0.4 is 4.72 Å². The molecule has 108 valence electrons. The summed E-state index contributed by atoms with van der Waals surface area (Å²) in [4.78, 5) is 3.92. The van der Waals surface area contributed by atoms with E-state index < -0.39 is 16.3 Å². The van der Waals surface area contributed by atoms with Gasteiger partial charge in [-0.1, -0.05) is 6.42 Å². The third kappa shape index (κ3) is 3.30. The summed E-state index contributed by atoms with van der Waals surface area (Å²) in [6.45, 7) is 1.97. The minimum Gasteiger partial charge on any atom is -0.395 e. The lowest BCUT2D eigenvalue weighted by atomic mass is 10.1. The van der Waals surface area contributed by atoms with Gasteiger partial charge in [-0.25, -0.2) is 4.98 Å². The van der Waals surface area contributed by atoms with Gasteiger partial charge in [-0.05, 0) is 19.8 Å². The van der Waals surface area contributed by atoms with Crippen LogP contribution in [0.2, 0.25) is 0 Å². The number of H-pyrrole nitrogens is 1. The standard InChI is InChI=1S/C10H19N5O3S/c1-8(10-11-7-12-13-10)14-19(17,18)15-5-3-2-4-9(15)6-16/h7-9,14,16H,2-6H2,1H3,(H,11,12,13). The molecule has 2 atom stereocenters. The highest BCUT2D eigenvalue weighted by Gasteiger charge is 2.33. The van der Waals surface area contributed by atoms with Crippen molar-refractivity contribution in [2.75, 3.05) is 13.2 Å². The molecule has 9 heteroatoms. The van der Waals surface area contributed by atoms with Crippen LogP contribution in [0.25, 0.3) is 0 Å². The van der Waals surface area contributed by atoms with Crippen molar-refractivity contribution in [3.63, 3.8) is 0 Å². The van der Waals surface area contributed by atoms with Crippen molar-refractivity contribution in [3.05, 3.63) is 12.2 Å². The molecule has 0 aliphatic carbocycles. The number of nitrogens with zero attached hydrogens (tertiary/aromatic N) is 3. The zero-order chi connectivity index (χ0) is 13.9. The molecule has 0 spiro atoms. The van der Waals surface area contributed by atoms with Crippen LogP contribution in [0.3, 0.4) is 0 Å². The lowest BCUT2D eigenvalue weighted by Crippen LogP contribution is -2.50. The van der Waals surface area contributed by atoms with Crippen molar-refractivity contribution in [3.8, 4) is 0 Å². The molecule has 0 radical (unpaired) electrons. The minimum absolute atomic E-state index is 0.155. The molecular formula is C10H19N5O3S. The van der Waals surface area contributed by atoms with Crippen LogP contribution in [-0.4, -0.2) is 52.2 Å². The number of hydrogen-bond acceptors (Lipinski definition) is 5. The minimum atomic E-state index is -3.63. The van der Waals surface area contributed by atoms with Gasteiger partial charge in [0.2, 0.25) is 0 Å². The molecule has 3 N–H and O–H groups in total. The number of piperidine rings is 1. The van der Waals surface area contributed by atoms with Crippen LogP contribution in [0.5, 0.6) is 0 Å². The largest absolute Gasteiger partial charge is 0.395 e. The van der Waals surface area contributed by atoms with E-state index in [0.29, 0.717) is 18.8 Å². The zero-order valence-electron chi connectivity index (χ0n) is 10.8. The predicted octanol–water partition coefficient (Wildman–Crippen LogP) is -0.453. The summed E-state index contributed by atoms with van der Waals surface area (Å²) in [7, 11) is -3.63. The summed E-state index contributed by atoms with van der Waals surface area (Å²) < 4.78 is 28.5. The van der Waals surface area contributed by atoms with Crippen LogP contribution in [-0.2, 0) is 10.2 Å². The van der Waals surface area contributed by atoms with Gasteiger partial charge in [0.05, 0.1) is 12.6 Å². The maximum Gasteiger partial charge on any atom is 0.280 e. The van der Waals surface area contributed by atoms with Crippen molar-refractivity contribution in [1.82, 2.24) is 24.2 Å². The summed E-state index contributed by atoms with van der Waals surface area (Å²) >= 11 is 0. The summed E-state index contributed by atoms with van der Waals surface area (Å²) in [6, 6.07) is -0.832. The van der Waals surface area contributed by atoms with E-state index in [-0.39, 0.29) is 12.6 Å². The van der Waals surface area contributed by atoms with Gasteiger partial charge in [0.15, 0.2) is 0 Å². The Hall–Kier alpha value is -1.03. The molecule has 0 amide bonds. The maximum atomic E-state index is 12.3. The molecule has 8 nitrogen and oxygen atoms in total. The molecule has 1 aromatic heterocycles. The number of aromatic amines is 1. The lowest BCUT2D eigenvalue weighted by molar-refractivity contribution is 0.153. The molecule has 2 heterocycles.